The highest BCUT2D eigenvalue weighted by molar-refractivity contribution is 5.91. The van der Waals surface area contributed by atoms with Crippen molar-refractivity contribution in [1.29, 1.82) is 0 Å². The minimum absolute atomic E-state index is 0.110. The number of hydrogen-bond donors (Lipinski definition) is 2. The fourth-order valence-corrected chi connectivity index (χ4v) is 1.58. The molecule has 0 spiro atoms. The molecule has 1 aromatic carbocycles. The van der Waals surface area contributed by atoms with Gasteiger partial charge in [0.2, 0.25) is 5.91 Å². The maximum absolute atomic E-state index is 11.4. The SMILES string of the molecule is Cc1cc(C(C)(C)C)ccc1NC(=O)CCO. The number of benzene rings is 1. The maximum Gasteiger partial charge on any atom is 0.226 e. The summed E-state index contributed by atoms with van der Waals surface area (Å²) in [6.45, 7) is 8.33. The zero-order chi connectivity index (χ0) is 13.1. The van der Waals surface area contributed by atoms with Gasteiger partial charge in [-0.2, -0.15) is 0 Å². The van der Waals surface area contributed by atoms with Gasteiger partial charge in [0.05, 0.1) is 13.0 Å². The van der Waals surface area contributed by atoms with Crippen molar-refractivity contribution in [2.45, 2.75) is 39.5 Å². The summed E-state index contributed by atoms with van der Waals surface area (Å²) in [7, 11) is 0. The van der Waals surface area contributed by atoms with Crippen LogP contribution in [-0.2, 0) is 10.2 Å². The number of amides is 1. The van der Waals surface area contributed by atoms with Crippen molar-refractivity contribution in [1.82, 2.24) is 0 Å². The number of anilines is 1. The molecule has 0 fully saturated rings. The van der Waals surface area contributed by atoms with Gasteiger partial charge in [-0.3, -0.25) is 4.79 Å². The fourth-order valence-electron chi connectivity index (χ4n) is 1.58. The predicted octanol–water partition coefficient (Wildman–Crippen LogP) is 2.61. The topological polar surface area (TPSA) is 49.3 Å². The Morgan fingerprint density at radius 2 is 2.00 bits per heavy atom. The molecule has 2 N–H and O–H groups in total. The number of nitrogens with one attached hydrogen (secondary N) is 1. The van der Waals surface area contributed by atoms with Crippen molar-refractivity contribution in [3.05, 3.63) is 29.3 Å². The number of hydrogen-bond acceptors (Lipinski definition) is 2. The van der Waals surface area contributed by atoms with E-state index in [1.165, 1.54) is 5.56 Å². The zero-order valence-electron chi connectivity index (χ0n) is 11.0. The van der Waals surface area contributed by atoms with E-state index in [4.69, 9.17) is 5.11 Å². The van der Waals surface area contributed by atoms with Gasteiger partial charge in [-0.25, -0.2) is 0 Å². The summed E-state index contributed by atoms with van der Waals surface area (Å²) >= 11 is 0. The van der Waals surface area contributed by atoms with Crippen LogP contribution in [0.5, 0.6) is 0 Å². The molecule has 0 unspecified atom stereocenters. The molecular formula is C14H21NO2. The molecule has 1 aromatic rings. The Hall–Kier alpha value is -1.35. The average molecular weight is 235 g/mol. The van der Waals surface area contributed by atoms with Crippen LogP contribution in [0.3, 0.4) is 0 Å². The van der Waals surface area contributed by atoms with Crippen molar-refractivity contribution in [2.75, 3.05) is 11.9 Å². The number of carbonyl (C=O) groups is 1. The van der Waals surface area contributed by atoms with Crippen LogP contribution in [0.25, 0.3) is 0 Å². The molecule has 1 rings (SSSR count). The standard InChI is InChI=1S/C14H21NO2/c1-10-9-11(14(2,3)4)5-6-12(10)15-13(17)7-8-16/h5-6,9,16H,7-8H2,1-4H3,(H,15,17). The highest BCUT2D eigenvalue weighted by Crippen LogP contribution is 2.26. The molecule has 0 aliphatic rings. The Morgan fingerprint density at radius 3 is 2.47 bits per heavy atom. The first-order valence-corrected chi connectivity index (χ1v) is 5.86. The predicted molar refractivity (Wildman–Crippen MR) is 70.2 cm³/mol. The Kier molecular flexibility index (Phi) is 4.29. The summed E-state index contributed by atoms with van der Waals surface area (Å²) in [5.41, 5.74) is 3.22. The molecule has 0 atom stereocenters. The van der Waals surface area contributed by atoms with Crippen LogP contribution in [0.1, 0.15) is 38.3 Å². The minimum atomic E-state index is -0.154. The van der Waals surface area contributed by atoms with Gasteiger partial charge in [0, 0.05) is 5.69 Å². The maximum atomic E-state index is 11.4. The van der Waals surface area contributed by atoms with Crippen molar-refractivity contribution >= 4 is 11.6 Å². The zero-order valence-corrected chi connectivity index (χ0v) is 11.0. The van der Waals surface area contributed by atoms with Crippen molar-refractivity contribution < 1.29 is 9.90 Å². The first-order valence-electron chi connectivity index (χ1n) is 5.86. The second kappa shape index (κ2) is 5.32. The second-order valence-electron chi connectivity index (χ2n) is 5.30. The monoisotopic (exact) mass is 235 g/mol. The summed E-state index contributed by atoms with van der Waals surface area (Å²) in [5, 5.41) is 11.5. The fraction of sp³-hybridized carbons (Fsp3) is 0.500. The lowest BCUT2D eigenvalue weighted by atomic mass is 9.86. The van der Waals surface area contributed by atoms with Crippen LogP contribution in [0, 0.1) is 6.92 Å². The molecule has 0 heterocycles. The van der Waals surface area contributed by atoms with E-state index in [0.29, 0.717) is 0 Å². The molecule has 0 radical (unpaired) electrons. The summed E-state index contributed by atoms with van der Waals surface area (Å²) in [5.74, 6) is -0.154. The van der Waals surface area contributed by atoms with Gasteiger partial charge < -0.3 is 10.4 Å². The molecule has 1 amide bonds. The minimum Gasteiger partial charge on any atom is -0.396 e. The Morgan fingerprint density at radius 1 is 1.35 bits per heavy atom. The number of aliphatic hydroxyl groups is 1. The molecule has 0 aliphatic carbocycles. The van der Waals surface area contributed by atoms with E-state index in [1.54, 1.807) is 0 Å². The van der Waals surface area contributed by atoms with Crippen LogP contribution in [0.15, 0.2) is 18.2 Å². The van der Waals surface area contributed by atoms with Gasteiger partial charge in [-0.15, -0.1) is 0 Å². The molecule has 0 aliphatic heterocycles. The van der Waals surface area contributed by atoms with Crippen LogP contribution < -0.4 is 5.32 Å². The third-order valence-electron chi connectivity index (χ3n) is 2.71. The van der Waals surface area contributed by atoms with Gasteiger partial charge in [0.15, 0.2) is 0 Å². The first-order chi connectivity index (χ1) is 7.84. The molecule has 94 valence electrons. The quantitative estimate of drug-likeness (QED) is 0.846. The largest absolute Gasteiger partial charge is 0.396 e. The van der Waals surface area contributed by atoms with E-state index >= 15 is 0 Å². The van der Waals surface area contributed by atoms with Gasteiger partial charge >= 0.3 is 0 Å². The van der Waals surface area contributed by atoms with E-state index < -0.39 is 0 Å². The Bertz CT molecular complexity index is 405. The lowest BCUT2D eigenvalue weighted by Crippen LogP contribution is -2.15. The number of rotatable bonds is 3. The Labute approximate surface area is 103 Å². The summed E-state index contributed by atoms with van der Waals surface area (Å²) in [6.07, 6.45) is 0.139. The number of aryl methyl sites for hydroxylation is 1. The molecular weight excluding hydrogens is 214 g/mol. The van der Waals surface area contributed by atoms with Crippen molar-refractivity contribution in [2.24, 2.45) is 0 Å². The molecule has 0 saturated heterocycles. The highest BCUT2D eigenvalue weighted by Gasteiger charge is 2.14. The van der Waals surface area contributed by atoms with E-state index in [2.05, 4.69) is 32.2 Å². The normalized spacial score (nSPS) is 11.4. The van der Waals surface area contributed by atoms with Crippen LogP contribution >= 0.6 is 0 Å². The van der Waals surface area contributed by atoms with E-state index in [1.807, 2.05) is 19.1 Å². The molecule has 0 aromatic heterocycles. The lowest BCUT2D eigenvalue weighted by Gasteiger charge is -2.20. The second-order valence-corrected chi connectivity index (χ2v) is 5.30. The molecule has 3 nitrogen and oxygen atoms in total. The average Bonchev–Trinajstić information content (AvgIpc) is 2.20. The number of aliphatic hydroxyl groups excluding tert-OH is 1. The lowest BCUT2D eigenvalue weighted by molar-refractivity contribution is -0.116. The van der Waals surface area contributed by atoms with Gasteiger partial charge in [-0.1, -0.05) is 32.9 Å². The number of carbonyl (C=O) groups excluding carboxylic acids is 1. The third-order valence-corrected chi connectivity index (χ3v) is 2.71. The van der Waals surface area contributed by atoms with Crippen LogP contribution in [-0.4, -0.2) is 17.6 Å². The first kappa shape index (κ1) is 13.7. The highest BCUT2D eigenvalue weighted by atomic mass is 16.3. The van der Waals surface area contributed by atoms with Gasteiger partial charge in [0.25, 0.3) is 0 Å². The molecule has 17 heavy (non-hydrogen) atoms. The summed E-state index contributed by atoms with van der Waals surface area (Å²) in [4.78, 5) is 11.4. The molecule has 0 bridgehead atoms. The molecule has 0 saturated carbocycles. The van der Waals surface area contributed by atoms with Crippen LogP contribution in [0.4, 0.5) is 5.69 Å². The van der Waals surface area contributed by atoms with E-state index in [-0.39, 0.29) is 24.3 Å². The van der Waals surface area contributed by atoms with Crippen molar-refractivity contribution in [3.63, 3.8) is 0 Å². The Balaban J connectivity index is 2.87. The van der Waals surface area contributed by atoms with Crippen molar-refractivity contribution in [3.8, 4) is 0 Å². The van der Waals surface area contributed by atoms with E-state index in [0.717, 1.165) is 11.3 Å². The van der Waals surface area contributed by atoms with Gasteiger partial charge in [-0.05, 0) is 29.5 Å². The van der Waals surface area contributed by atoms with Gasteiger partial charge in [0.1, 0.15) is 0 Å². The third kappa shape index (κ3) is 3.86. The summed E-state index contributed by atoms with van der Waals surface area (Å²) < 4.78 is 0. The summed E-state index contributed by atoms with van der Waals surface area (Å²) in [6, 6.07) is 6.04. The smallest absolute Gasteiger partial charge is 0.226 e. The van der Waals surface area contributed by atoms with E-state index in [9.17, 15) is 4.79 Å². The van der Waals surface area contributed by atoms with Crippen LogP contribution in [0.2, 0.25) is 0 Å². The molecule has 3 heteroatoms.